The Morgan fingerprint density at radius 2 is 2.27 bits per heavy atom. The zero-order valence-electron chi connectivity index (χ0n) is 8.11. The fourth-order valence-electron chi connectivity index (χ4n) is 1.42. The van der Waals surface area contributed by atoms with E-state index in [0.717, 1.165) is 11.3 Å². The van der Waals surface area contributed by atoms with E-state index < -0.39 is 0 Å². The van der Waals surface area contributed by atoms with Crippen molar-refractivity contribution in [2.75, 3.05) is 0 Å². The van der Waals surface area contributed by atoms with E-state index in [2.05, 4.69) is 4.98 Å². The monoisotopic (exact) mass is 217 g/mol. The average Bonchev–Trinajstić information content (AvgIpc) is 2.66. The first-order valence-electron chi connectivity index (χ1n) is 4.41. The van der Waals surface area contributed by atoms with Crippen LogP contribution in [0.4, 0.5) is 0 Å². The summed E-state index contributed by atoms with van der Waals surface area (Å²) in [5, 5.41) is 9.37. The highest BCUT2D eigenvalue weighted by Crippen LogP contribution is 2.18. The minimum absolute atomic E-state index is 0.407. The van der Waals surface area contributed by atoms with Gasteiger partial charge in [0, 0.05) is 16.9 Å². The SMILES string of the molecule is Cc1cc(Cl)ccc1-n1cnc(C#N)c1. The summed E-state index contributed by atoms with van der Waals surface area (Å²) < 4.78 is 1.81. The normalized spacial score (nSPS) is 9.93. The fraction of sp³-hybridized carbons (Fsp3) is 0.0909. The van der Waals surface area contributed by atoms with Gasteiger partial charge < -0.3 is 4.57 Å². The molecule has 0 fully saturated rings. The van der Waals surface area contributed by atoms with Crippen LogP contribution in [0.25, 0.3) is 5.69 Å². The van der Waals surface area contributed by atoms with Gasteiger partial charge in [0.25, 0.3) is 0 Å². The van der Waals surface area contributed by atoms with Gasteiger partial charge in [-0.1, -0.05) is 11.6 Å². The molecule has 0 amide bonds. The van der Waals surface area contributed by atoms with Crippen LogP contribution in [-0.4, -0.2) is 9.55 Å². The summed E-state index contributed by atoms with van der Waals surface area (Å²) in [5.74, 6) is 0. The Kier molecular flexibility index (Phi) is 2.44. The first-order chi connectivity index (χ1) is 7.20. The lowest BCUT2D eigenvalue weighted by Gasteiger charge is -2.05. The van der Waals surface area contributed by atoms with Crippen molar-refractivity contribution in [2.24, 2.45) is 0 Å². The van der Waals surface area contributed by atoms with E-state index in [4.69, 9.17) is 16.9 Å². The Morgan fingerprint density at radius 1 is 1.47 bits per heavy atom. The van der Waals surface area contributed by atoms with E-state index in [1.54, 1.807) is 12.5 Å². The van der Waals surface area contributed by atoms with Crippen molar-refractivity contribution in [1.29, 1.82) is 5.26 Å². The molecule has 1 aromatic heterocycles. The number of imidazole rings is 1. The van der Waals surface area contributed by atoms with Crippen molar-refractivity contribution >= 4 is 11.6 Å². The Morgan fingerprint density at radius 3 is 2.87 bits per heavy atom. The van der Waals surface area contributed by atoms with Crippen molar-refractivity contribution < 1.29 is 0 Å². The summed E-state index contributed by atoms with van der Waals surface area (Å²) in [4.78, 5) is 3.94. The summed E-state index contributed by atoms with van der Waals surface area (Å²) >= 11 is 5.86. The van der Waals surface area contributed by atoms with Crippen molar-refractivity contribution in [1.82, 2.24) is 9.55 Å². The van der Waals surface area contributed by atoms with Crippen LogP contribution in [0.3, 0.4) is 0 Å². The van der Waals surface area contributed by atoms with Crippen LogP contribution in [0.2, 0.25) is 5.02 Å². The lowest BCUT2D eigenvalue weighted by Crippen LogP contribution is -1.93. The summed E-state index contributed by atoms with van der Waals surface area (Å²) in [6, 6.07) is 7.59. The minimum Gasteiger partial charge on any atom is -0.305 e. The topological polar surface area (TPSA) is 41.6 Å². The van der Waals surface area contributed by atoms with E-state index in [1.807, 2.05) is 35.8 Å². The standard InChI is InChI=1S/C11H8ClN3/c1-8-4-9(12)2-3-11(8)15-6-10(5-13)14-7-15/h2-4,6-7H,1H3. The third kappa shape index (κ3) is 1.85. The molecule has 2 rings (SSSR count). The van der Waals surface area contributed by atoms with Crippen molar-refractivity contribution in [2.45, 2.75) is 6.92 Å². The van der Waals surface area contributed by atoms with Crippen molar-refractivity contribution in [3.63, 3.8) is 0 Å². The second-order valence-electron chi connectivity index (χ2n) is 3.21. The van der Waals surface area contributed by atoms with Crippen LogP contribution < -0.4 is 0 Å². The van der Waals surface area contributed by atoms with Crippen LogP contribution in [0.5, 0.6) is 0 Å². The van der Waals surface area contributed by atoms with Gasteiger partial charge >= 0.3 is 0 Å². The maximum Gasteiger partial charge on any atom is 0.158 e. The predicted molar refractivity (Wildman–Crippen MR) is 58.0 cm³/mol. The molecule has 0 saturated carbocycles. The van der Waals surface area contributed by atoms with E-state index in [1.165, 1.54) is 0 Å². The second kappa shape index (κ2) is 3.76. The van der Waals surface area contributed by atoms with Gasteiger partial charge in [0.05, 0.1) is 0 Å². The third-order valence-electron chi connectivity index (χ3n) is 2.13. The molecular formula is C11H8ClN3. The van der Waals surface area contributed by atoms with Crippen LogP contribution in [0.15, 0.2) is 30.7 Å². The number of nitriles is 1. The summed E-state index contributed by atoms with van der Waals surface area (Å²) in [7, 11) is 0. The Hall–Kier alpha value is -1.79. The van der Waals surface area contributed by atoms with E-state index in [9.17, 15) is 0 Å². The van der Waals surface area contributed by atoms with Crippen LogP contribution in [0.1, 0.15) is 11.3 Å². The van der Waals surface area contributed by atoms with Gasteiger partial charge in [0.2, 0.25) is 0 Å². The van der Waals surface area contributed by atoms with Crippen LogP contribution >= 0.6 is 11.6 Å². The van der Waals surface area contributed by atoms with Gasteiger partial charge in [-0.05, 0) is 30.7 Å². The van der Waals surface area contributed by atoms with Crippen LogP contribution in [-0.2, 0) is 0 Å². The first kappa shape index (κ1) is 9.75. The summed E-state index contributed by atoms with van der Waals surface area (Å²) in [6.07, 6.45) is 3.31. The van der Waals surface area contributed by atoms with E-state index in [0.29, 0.717) is 10.7 Å². The van der Waals surface area contributed by atoms with E-state index >= 15 is 0 Å². The smallest absolute Gasteiger partial charge is 0.158 e. The lowest BCUT2D eigenvalue weighted by atomic mass is 10.2. The molecule has 0 atom stereocenters. The van der Waals surface area contributed by atoms with E-state index in [-0.39, 0.29) is 0 Å². The highest BCUT2D eigenvalue weighted by atomic mass is 35.5. The highest BCUT2D eigenvalue weighted by molar-refractivity contribution is 6.30. The molecule has 0 spiro atoms. The predicted octanol–water partition coefficient (Wildman–Crippen LogP) is 2.71. The number of aromatic nitrogens is 2. The van der Waals surface area contributed by atoms with Gasteiger partial charge in [-0.2, -0.15) is 5.26 Å². The molecule has 0 aliphatic rings. The molecule has 0 radical (unpaired) electrons. The zero-order valence-corrected chi connectivity index (χ0v) is 8.86. The molecule has 2 aromatic rings. The lowest BCUT2D eigenvalue weighted by molar-refractivity contribution is 1.04. The molecule has 1 aromatic carbocycles. The van der Waals surface area contributed by atoms with Crippen molar-refractivity contribution in [3.8, 4) is 11.8 Å². The van der Waals surface area contributed by atoms with Gasteiger partial charge in [0.15, 0.2) is 5.69 Å². The molecule has 0 saturated heterocycles. The number of hydrogen-bond acceptors (Lipinski definition) is 2. The molecule has 0 unspecified atom stereocenters. The molecule has 0 aliphatic carbocycles. The zero-order chi connectivity index (χ0) is 10.8. The number of halogens is 1. The maximum atomic E-state index is 8.66. The molecule has 0 aliphatic heterocycles. The number of benzene rings is 1. The number of aryl methyl sites for hydroxylation is 1. The largest absolute Gasteiger partial charge is 0.305 e. The Balaban J connectivity index is 2.50. The number of nitrogens with zero attached hydrogens (tertiary/aromatic N) is 3. The Bertz CT molecular complexity index is 537. The summed E-state index contributed by atoms with van der Waals surface area (Å²) in [5.41, 5.74) is 2.43. The van der Waals surface area contributed by atoms with Crippen molar-refractivity contribution in [3.05, 3.63) is 47.0 Å². The third-order valence-corrected chi connectivity index (χ3v) is 2.37. The molecule has 74 valence electrons. The number of rotatable bonds is 1. The summed E-state index contributed by atoms with van der Waals surface area (Å²) in [6.45, 7) is 1.97. The van der Waals surface area contributed by atoms with Gasteiger partial charge in [0.1, 0.15) is 12.4 Å². The second-order valence-corrected chi connectivity index (χ2v) is 3.65. The van der Waals surface area contributed by atoms with Crippen LogP contribution in [0, 0.1) is 18.3 Å². The number of hydrogen-bond donors (Lipinski definition) is 0. The minimum atomic E-state index is 0.407. The van der Waals surface area contributed by atoms with Gasteiger partial charge in [-0.3, -0.25) is 0 Å². The highest BCUT2D eigenvalue weighted by Gasteiger charge is 2.03. The average molecular weight is 218 g/mol. The fourth-order valence-corrected chi connectivity index (χ4v) is 1.65. The maximum absolute atomic E-state index is 8.66. The quantitative estimate of drug-likeness (QED) is 0.737. The molecule has 0 bridgehead atoms. The van der Waals surface area contributed by atoms with Gasteiger partial charge in [-0.25, -0.2) is 4.98 Å². The Labute approximate surface area is 92.6 Å². The molecule has 1 heterocycles. The van der Waals surface area contributed by atoms with Gasteiger partial charge in [-0.15, -0.1) is 0 Å². The molecule has 0 N–H and O–H groups in total. The molecule has 4 heteroatoms. The molecule has 3 nitrogen and oxygen atoms in total. The molecule has 15 heavy (non-hydrogen) atoms. The first-order valence-corrected chi connectivity index (χ1v) is 4.79. The molecular weight excluding hydrogens is 210 g/mol.